The molecule has 0 aliphatic carbocycles. The number of nitrogens with one attached hydrogen (secondary N) is 2. The fraction of sp³-hybridized carbons (Fsp3) is 0.167. The van der Waals surface area contributed by atoms with Crippen LogP contribution in [0.3, 0.4) is 0 Å². The first kappa shape index (κ1) is 19.0. The molecule has 154 valence electrons. The van der Waals surface area contributed by atoms with E-state index in [-0.39, 0.29) is 5.91 Å². The van der Waals surface area contributed by atoms with Crippen molar-refractivity contribution in [1.82, 2.24) is 19.9 Å². The second kappa shape index (κ2) is 8.02. The van der Waals surface area contributed by atoms with Crippen LogP contribution in [0.15, 0.2) is 71.7 Å². The first-order valence-electron chi connectivity index (χ1n) is 10.3. The average molecular weight is 411 g/mol. The van der Waals surface area contributed by atoms with Gasteiger partial charge in [-0.25, -0.2) is 9.78 Å². The van der Waals surface area contributed by atoms with Crippen LogP contribution in [0.4, 0.5) is 11.5 Å². The molecule has 2 aromatic carbocycles. The lowest BCUT2D eigenvalue weighted by molar-refractivity contribution is 0.0793. The van der Waals surface area contributed by atoms with Crippen molar-refractivity contribution < 1.29 is 4.79 Å². The summed E-state index contributed by atoms with van der Waals surface area (Å²) in [4.78, 5) is 37.2. The zero-order valence-corrected chi connectivity index (χ0v) is 16.8. The number of aromatic nitrogens is 3. The van der Waals surface area contributed by atoms with Gasteiger partial charge in [-0.05, 0) is 60.4 Å². The van der Waals surface area contributed by atoms with Gasteiger partial charge in [-0.1, -0.05) is 24.3 Å². The third-order valence-corrected chi connectivity index (χ3v) is 5.49. The van der Waals surface area contributed by atoms with Crippen molar-refractivity contribution in [3.63, 3.8) is 0 Å². The quantitative estimate of drug-likeness (QED) is 0.530. The number of likely N-dealkylation sites (tertiary alicyclic amines) is 1. The van der Waals surface area contributed by atoms with E-state index in [1.807, 2.05) is 59.5 Å². The second-order valence-corrected chi connectivity index (χ2v) is 7.57. The number of benzene rings is 2. The fourth-order valence-corrected chi connectivity index (χ4v) is 3.91. The van der Waals surface area contributed by atoms with Gasteiger partial charge in [0.2, 0.25) is 0 Å². The van der Waals surface area contributed by atoms with Crippen molar-refractivity contribution in [1.29, 1.82) is 0 Å². The number of carbonyl (C=O) groups excluding carboxylic acids is 1. The molecule has 2 N–H and O–H groups in total. The normalized spacial score (nSPS) is 13.5. The smallest absolute Gasteiger partial charge is 0.341 e. The van der Waals surface area contributed by atoms with Gasteiger partial charge >= 0.3 is 5.69 Å². The Balaban J connectivity index is 1.41. The lowest BCUT2D eigenvalue weighted by Crippen LogP contribution is -2.27. The summed E-state index contributed by atoms with van der Waals surface area (Å²) in [5, 5.41) is 4.00. The first-order valence-corrected chi connectivity index (χ1v) is 10.3. The molecular formula is C24H21N5O2. The van der Waals surface area contributed by atoms with Gasteiger partial charge < -0.3 is 10.2 Å². The van der Waals surface area contributed by atoms with Crippen molar-refractivity contribution >= 4 is 28.4 Å². The monoisotopic (exact) mass is 411 g/mol. The molecule has 4 aromatic rings. The maximum Gasteiger partial charge on any atom is 0.348 e. The minimum atomic E-state index is -0.455. The SMILES string of the molecule is O=C(c1ccc(-c2cccc(Nc3[nH]c(=O)nc4ncccc34)c2)cc1)N1CCCC1. The third kappa shape index (κ3) is 3.90. The molecule has 7 nitrogen and oxygen atoms in total. The highest BCUT2D eigenvalue weighted by Gasteiger charge is 2.19. The number of fused-ring (bicyclic) bond motifs is 1. The molecule has 0 spiro atoms. The first-order chi connectivity index (χ1) is 15.2. The summed E-state index contributed by atoms with van der Waals surface area (Å²) in [5.74, 6) is 0.647. The Bertz CT molecular complexity index is 1310. The zero-order valence-electron chi connectivity index (χ0n) is 16.8. The highest BCUT2D eigenvalue weighted by molar-refractivity contribution is 5.95. The molecule has 3 heterocycles. The molecule has 0 atom stereocenters. The number of rotatable bonds is 4. The van der Waals surface area contributed by atoms with E-state index in [9.17, 15) is 9.59 Å². The molecule has 1 aliphatic rings. The Kier molecular flexibility index (Phi) is 4.92. The number of anilines is 2. The van der Waals surface area contributed by atoms with E-state index in [0.29, 0.717) is 17.0 Å². The van der Waals surface area contributed by atoms with Crippen molar-refractivity contribution in [2.24, 2.45) is 0 Å². The van der Waals surface area contributed by atoms with Gasteiger partial charge in [-0.15, -0.1) is 0 Å². The summed E-state index contributed by atoms with van der Waals surface area (Å²) in [6.07, 6.45) is 3.77. The van der Waals surface area contributed by atoms with Gasteiger partial charge in [0.05, 0.1) is 5.39 Å². The molecule has 5 rings (SSSR count). The molecule has 31 heavy (non-hydrogen) atoms. The number of nitrogens with zero attached hydrogens (tertiary/aromatic N) is 3. The van der Waals surface area contributed by atoms with Crippen LogP contribution in [-0.2, 0) is 0 Å². The summed E-state index contributed by atoms with van der Waals surface area (Å²) in [6.45, 7) is 1.69. The molecule has 1 aliphatic heterocycles. The second-order valence-electron chi connectivity index (χ2n) is 7.57. The van der Waals surface area contributed by atoms with Crippen molar-refractivity contribution in [2.75, 3.05) is 18.4 Å². The van der Waals surface area contributed by atoms with Crippen LogP contribution in [0.1, 0.15) is 23.2 Å². The van der Waals surface area contributed by atoms with Gasteiger partial charge in [0.25, 0.3) is 5.91 Å². The Morgan fingerprint density at radius 1 is 0.968 bits per heavy atom. The van der Waals surface area contributed by atoms with Gasteiger partial charge in [0.1, 0.15) is 5.82 Å². The molecular weight excluding hydrogens is 390 g/mol. The average Bonchev–Trinajstić information content (AvgIpc) is 3.34. The van der Waals surface area contributed by atoms with Gasteiger partial charge in [-0.2, -0.15) is 4.98 Å². The van der Waals surface area contributed by atoms with Crippen LogP contribution in [0.5, 0.6) is 0 Å². The van der Waals surface area contributed by atoms with Crippen molar-refractivity contribution in [3.05, 3.63) is 82.9 Å². The summed E-state index contributed by atoms with van der Waals surface area (Å²) in [7, 11) is 0. The Morgan fingerprint density at radius 3 is 2.58 bits per heavy atom. The van der Waals surface area contributed by atoms with Crippen molar-refractivity contribution in [2.45, 2.75) is 12.8 Å². The van der Waals surface area contributed by atoms with E-state index >= 15 is 0 Å². The topological polar surface area (TPSA) is 91.0 Å². The molecule has 0 radical (unpaired) electrons. The molecule has 0 bridgehead atoms. The Labute approximate surface area is 178 Å². The number of aromatic amines is 1. The summed E-state index contributed by atoms with van der Waals surface area (Å²) >= 11 is 0. The summed E-state index contributed by atoms with van der Waals surface area (Å²) < 4.78 is 0. The standard InChI is InChI=1S/C24H21N5O2/c30-23(29-13-1-2-14-29)17-10-8-16(9-11-17)18-5-3-6-19(15-18)26-22-20-7-4-12-25-21(20)27-24(31)28-22/h3-12,15H,1-2,13-14H2,(H2,25,26,27,28,31). The summed E-state index contributed by atoms with van der Waals surface area (Å²) in [6, 6.07) is 19.2. The number of pyridine rings is 1. The zero-order chi connectivity index (χ0) is 21.2. The largest absolute Gasteiger partial charge is 0.348 e. The molecule has 1 saturated heterocycles. The number of hydrogen-bond acceptors (Lipinski definition) is 5. The molecule has 1 amide bonds. The number of carbonyl (C=O) groups is 1. The van der Waals surface area contributed by atoms with Crippen LogP contribution in [0.2, 0.25) is 0 Å². The molecule has 0 saturated carbocycles. The predicted octanol–water partition coefficient (Wildman–Crippen LogP) is 3.96. The van der Waals surface area contributed by atoms with E-state index in [0.717, 1.165) is 48.1 Å². The van der Waals surface area contributed by atoms with Crippen LogP contribution in [0.25, 0.3) is 22.2 Å². The predicted molar refractivity (Wildman–Crippen MR) is 120 cm³/mol. The lowest BCUT2D eigenvalue weighted by Gasteiger charge is -2.15. The van der Waals surface area contributed by atoms with E-state index in [2.05, 4.69) is 20.3 Å². The number of H-pyrrole nitrogens is 1. The third-order valence-electron chi connectivity index (χ3n) is 5.49. The van der Waals surface area contributed by atoms with Crippen molar-refractivity contribution in [3.8, 4) is 11.1 Å². The highest BCUT2D eigenvalue weighted by atomic mass is 16.2. The maximum absolute atomic E-state index is 12.6. The van der Waals surface area contributed by atoms with Crippen LogP contribution in [-0.4, -0.2) is 38.8 Å². The van der Waals surface area contributed by atoms with E-state index in [1.54, 1.807) is 12.3 Å². The minimum absolute atomic E-state index is 0.0987. The van der Waals surface area contributed by atoms with E-state index < -0.39 is 5.69 Å². The van der Waals surface area contributed by atoms with E-state index in [4.69, 9.17) is 0 Å². The van der Waals surface area contributed by atoms with Crippen LogP contribution in [0, 0.1) is 0 Å². The van der Waals surface area contributed by atoms with Gasteiger partial charge in [-0.3, -0.25) is 9.78 Å². The Morgan fingerprint density at radius 2 is 1.77 bits per heavy atom. The molecule has 7 heteroatoms. The summed E-state index contributed by atoms with van der Waals surface area (Å²) in [5.41, 5.74) is 3.49. The van der Waals surface area contributed by atoms with Crippen LogP contribution >= 0.6 is 0 Å². The molecule has 0 unspecified atom stereocenters. The Hall–Kier alpha value is -4.00. The number of hydrogen-bond donors (Lipinski definition) is 2. The minimum Gasteiger partial charge on any atom is -0.341 e. The fourth-order valence-electron chi connectivity index (χ4n) is 3.91. The lowest BCUT2D eigenvalue weighted by atomic mass is 10.0. The highest BCUT2D eigenvalue weighted by Crippen LogP contribution is 2.26. The number of amides is 1. The van der Waals surface area contributed by atoms with E-state index in [1.165, 1.54) is 0 Å². The molecule has 1 fully saturated rings. The molecule has 2 aromatic heterocycles. The van der Waals surface area contributed by atoms with Gasteiger partial charge in [0, 0.05) is 30.5 Å². The van der Waals surface area contributed by atoms with Crippen LogP contribution < -0.4 is 11.0 Å². The van der Waals surface area contributed by atoms with Gasteiger partial charge in [0.15, 0.2) is 5.65 Å². The maximum atomic E-state index is 12.6.